The number of fused-ring (bicyclic) bond motifs is 1. The zero-order chi connectivity index (χ0) is 27.8. The molecule has 0 saturated heterocycles. The van der Waals surface area contributed by atoms with E-state index in [-0.39, 0.29) is 17.9 Å². The van der Waals surface area contributed by atoms with Crippen LogP contribution in [0.15, 0.2) is 18.2 Å². The highest BCUT2D eigenvalue weighted by Crippen LogP contribution is 2.44. The number of esters is 1. The predicted molar refractivity (Wildman–Crippen MR) is 149 cm³/mol. The first kappa shape index (κ1) is 29.2. The number of ether oxygens (including phenoxy) is 3. The van der Waals surface area contributed by atoms with Gasteiger partial charge in [-0.05, 0) is 104 Å². The number of carbonyl (C=O) groups excluding carboxylic acids is 2. The lowest BCUT2D eigenvalue weighted by atomic mass is 9.67. The summed E-state index contributed by atoms with van der Waals surface area (Å²) in [5.74, 6) is 0.247. The fourth-order valence-electron chi connectivity index (χ4n) is 5.10. The van der Waals surface area contributed by atoms with E-state index in [2.05, 4.69) is 10.6 Å². The van der Waals surface area contributed by atoms with Gasteiger partial charge in [-0.2, -0.15) is 0 Å². The molecule has 1 aromatic carbocycles. The number of rotatable bonds is 5. The molecule has 0 radical (unpaired) electrons. The van der Waals surface area contributed by atoms with Gasteiger partial charge in [0.25, 0.3) is 0 Å². The topological polar surface area (TPSA) is 112 Å². The average molecular weight is 534 g/mol. The van der Waals surface area contributed by atoms with Crippen molar-refractivity contribution < 1.29 is 23.8 Å². The predicted octanol–water partition coefficient (Wildman–Crippen LogP) is 5.42. The van der Waals surface area contributed by atoms with Crippen LogP contribution in [0.5, 0.6) is 5.75 Å². The number of hydrogen-bond donors (Lipinski definition) is 3. The molecule has 2 aliphatic rings. The lowest BCUT2D eigenvalue weighted by Gasteiger charge is -2.44. The number of nitrogens with one attached hydrogen (secondary N) is 2. The molecule has 1 aliphatic heterocycles. The molecule has 0 aromatic heterocycles. The summed E-state index contributed by atoms with van der Waals surface area (Å²) in [6.45, 7) is 14.9. The van der Waals surface area contributed by atoms with Crippen LogP contribution < -0.4 is 21.1 Å². The Morgan fingerprint density at radius 1 is 1.11 bits per heavy atom. The highest BCUT2D eigenvalue weighted by molar-refractivity contribution is 7.80. The zero-order valence-corrected chi connectivity index (χ0v) is 24.2. The highest BCUT2D eigenvalue weighted by Gasteiger charge is 2.44. The van der Waals surface area contributed by atoms with Crippen LogP contribution in [0.1, 0.15) is 86.6 Å². The molecule has 3 rings (SSSR count). The van der Waals surface area contributed by atoms with Crippen molar-refractivity contribution in [3.63, 3.8) is 0 Å². The lowest BCUT2D eigenvalue weighted by molar-refractivity contribution is -0.158. The van der Waals surface area contributed by atoms with E-state index in [1.165, 1.54) is 0 Å². The molecule has 4 N–H and O–H groups in total. The summed E-state index contributed by atoms with van der Waals surface area (Å²) in [5.41, 5.74) is 6.02. The second-order valence-electron chi connectivity index (χ2n) is 12.5. The molecule has 9 heteroatoms. The Labute approximate surface area is 226 Å². The smallest absolute Gasteiger partial charge is 0.408 e. The number of amides is 1. The summed E-state index contributed by atoms with van der Waals surface area (Å²) in [6, 6.07) is 5.11. The Morgan fingerprint density at radius 2 is 1.76 bits per heavy atom. The van der Waals surface area contributed by atoms with E-state index >= 15 is 0 Å². The summed E-state index contributed by atoms with van der Waals surface area (Å²) in [6.07, 6.45) is 2.51. The second kappa shape index (κ2) is 10.8. The van der Waals surface area contributed by atoms with Crippen molar-refractivity contribution in [3.05, 3.63) is 23.8 Å². The normalized spacial score (nSPS) is 24.5. The number of thiocarbonyl (C=S) groups is 1. The molecule has 0 spiro atoms. The SMILES string of the molecule is CC1Oc2ccc(C(C)(NC(=O)OC(C)(C)C)C3CCCC(C(N)C(=O)OC(C)(C)C)C3)cc2NC1=S. The van der Waals surface area contributed by atoms with Crippen LogP contribution in [0.25, 0.3) is 0 Å². The molecule has 1 fully saturated rings. The lowest BCUT2D eigenvalue weighted by Crippen LogP contribution is -2.53. The van der Waals surface area contributed by atoms with Crippen molar-refractivity contribution in [1.29, 1.82) is 0 Å². The van der Waals surface area contributed by atoms with Gasteiger partial charge in [-0.25, -0.2) is 4.79 Å². The van der Waals surface area contributed by atoms with E-state index < -0.39 is 34.8 Å². The minimum atomic E-state index is -0.796. The van der Waals surface area contributed by atoms with Crippen LogP contribution >= 0.6 is 12.2 Å². The van der Waals surface area contributed by atoms with Crippen molar-refractivity contribution in [2.24, 2.45) is 17.6 Å². The van der Waals surface area contributed by atoms with Crippen molar-refractivity contribution in [1.82, 2.24) is 5.32 Å². The van der Waals surface area contributed by atoms with Crippen molar-refractivity contribution in [2.45, 2.75) is 110 Å². The third kappa shape index (κ3) is 7.35. The Morgan fingerprint density at radius 3 is 2.38 bits per heavy atom. The fraction of sp³-hybridized carbons (Fsp3) is 0.679. The average Bonchev–Trinajstić information content (AvgIpc) is 2.76. The van der Waals surface area contributed by atoms with Crippen LogP contribution in [0.4, 0.5) is 10.5 Å². The van der Waals surface area contributed by atoms with Gasteiger partial charge >= 0.3 is 12.1 Å². The molecule has 5 atom stereocenters. The number of benzene rings is 1. The maximum atomic E-state index is 13.1. The Hall–Kier alpha value is -2.39. The van der Waals surface area contributed by atoms with Crippen molar-refractivity contribution in [2.75, 3.05) is 5.32 Å². The summed E-state index contributed by atoms with van der Waals surface area (Å²) < 4.78 is 17.2. The van der Waals surface area contributed by atoms with Gasteiger partial charge in [0, 0.05) is 0 Å². The molecular weight excluding hydrogens is 490 g/mol. The Bertz CT molecular complexity index is 1030. The molecule has 1 aromatic rings. The minimum Gasteiger partial charge on any atom is -0.481 e. The first-order valence-electron chi connectivity index (χ1n) is 13.1. The van der Waals surface area contributed by atoms with Gasteiger partial charge in [0.15, 0.2) is 0 Å². The quantitative estimate of drug-likeness (QED) is 0.340. The zero-order valence-electron chi connectivity index (χ0n) is 23.4. The Kier molecular flexibility index (Phi) is 8.49. The molecule has 8 nitrogen and oxygen atoms in total. The standard InChI is InChI=1S/C28H43N3O5S/c1-16-23(37)30-20-15-19(12-13-21(20)34-16)28(8,31-25(33)36-27(5,6)7)18-11-9-10-17(14-18)22(29)24(32)35-26(2,3)4/h12-13,15-18,22H,9-11,14,29H2,1-8H3,(H,30,37)(H,31,33). The molecule has 0 bridgehead atoms. The Balaban J connectivity index is 1.93. The van der Waals surface area contributed by atoms with Gasteiger partial charge in [-0.15, -0.1) is 0 Å². The van der Waals surface area contributed by atoms with Gasteiger partial charge in [-0.1, -0.05) is 24.7 Å². The third-order valence-corrected chi connectivity index (χ3v) is 7.42. The van der Waals surface area contributed by atoms with E-state index in [4.69, 9.17) is 32.2 Å². The van der Waals surface area contributed by atoms with E-state index in [1.807, 2.05) is 73.6 Å². The van der Waals surface area contributed by atoms with Gasteiger partial charge in [0.2, 0.25) is 0 Å². The first-order chi connectivity index (χ1) is 17.0. The molecule has 37 heavy (non-hydrogen) atoms. The van der Waals surface area contributed by atoms with Crippen molar-refractivity contribution in [3.8, 4) is 5.75 Å². The van der Waals surface area contributed by atoms with Crippen LogP contribution in [-0.4, -0.2) is 40.4 Å². The van der Waals surface area contributed by atoms with Gasteiger partial charge in [-0.3, -0.25) is 4.79 Å². The minimum absolute atomic E-state index is 0.000638. The van der Waals surface area contributed by atoms with Crippen molar-refractivity contribution >= 4 is 35.0 Å². The van der Waals surface area contributed by atoms with E-state index in [0.29, 0.717) is 17.2 Å². The van der Waals surface area contributed by atoms with Crippen LogP contribution in [0.3, 0.4) is 0 Å². The van der Waals surface area contributed by atoms with Gasteiger partial charge in [0.1, 0.15) is 34.1 Å². The molecule has 1 saturated carbocycles. The maximum absolute atomic E-state index is 13.1. The summed E-state index contributed by atoms with van der Waals surface area (Å²) in [5, 5.41) is 6.43. The molecule has 1 aliphatic carbocycles. The highest BCUT2D eigenvalue weighted by atomic mass is 32.1. The van der Waals surface area contributed by atoms with Gasteiger partial charge < -0.3 is 30.6 Å². The third-order valence-electron chi connectivity index (χ3n) is 6.99. The maximum Gasteiger partial charge on any atom is 0.408 e. The second-order valence-corrected chi connectivity index (χ2v) is 12.9. The number of carbonyl (C=O) groups is 2. The first-order valence-corrected chi connectivity index (χ1v) is 13.5. The fourth-order valence-corrected chi connectivity index (χ4v) is 5.26. The summed E-state index contributed by atoms with van der Waals surface area (Å²) in [7, 11) is 0. The largest absolute Gasteiger partial charge is 0.481 e. The van der Waals surface area contributed by atoms with Gasteiger partial charge in [0.05, 0.1) is 11.2 Å². The molecule has 1 heterocycles. The number of nitrogens with two attached hydrogens (primary N) is 1. The number of alkyl carbamates (subject to hydrolysis) is 1. The number of anilines is 1. The molecule has 1 amide bonds. The monoisotopic (exact) mass is 533 g/mol. The molecule has 206 valence electrons. The molecular formula is C28H43N3O5S. The summed E-state index contributed by atoms with van der Waals surface area (Å²) >= 11 is 5.42. The van der Waals surface area contributed by atoms with Crippen LogP contribution in [0, 0.1) is 11.8 Å². The number of hydrogen-bond acceptors (Lipinski definition) is 7. The molecule has 5 unspecified atom stereocenters. The van der Waals surface area contributed by atoms with Crippen LogP contribution in [-0.2, 0) is 19.8 Å². The van der Waals surface area contributed by atoms with Crippen LogP contribution in [0.2, 0.25) is 0 Å². The van der Waals surface area contributed by atoms with E-state index in [9.17, 15) is 9.59 Å². The van der Waals surface area contributed by atoms with E-state index in [0.717, 1.165) is 30.5 Å². The van der Waals surface area contributed by atoms with E-state index in [1.54, 1.807) is 0 Å². The summed E-state index contributed by atoms with van der Waals surface area (Å²) in [4.78, 5) is 26.4.